The SMILES string of the molecule is CN(Cc1ccccc1)Cc1cc(C(=O)N(C)C[C@@H]2COCCO2)no1. The molecule has 1 fully saturated rings. The lowest BCUT2D eigenvalue weighted by Gasteiger charge is -2.27. The number of rotatable bonds is 7. The van der Waals surface area contributed by atoms with E-state index in [-0.39, 0.29) is 12.0 Å². The van der Waals surface area contributed by atoms with E-state index in [0.29, 0.717) is 44.4 Å². The van der Waals surface area contributed by atoms with Crippen LogP contribution in [-0.4, -0.2) is 67.4 Å². The van der Waals surface area contributed by atoms with Gasteiger partial charge in [0.1, 0.15) is 0 Å². The maximum atomic E-state index is 12.5. The van der Waals surface area contributed by atoms with E-state index < -0.39 is 0 Å². The molecular formula is C19H25N3O4. The molecule has 0 aliphatic carbocycles. The third-order valence-corrected chi connectivity index (χ3v) is 4.21. The molecule has 1 aliphatic heterocycles. The molecule has 3 rings (SSSR count). The molecule has 1 amide bonds. The van der Waals surface area contributed by atoms with Gasteiger partial charge in [0.05, 0.1) is 32.5 Å². The molecule has 7 heteroatoms. The van der Waals surface area contributed by atoms with E-state index >= 15 is 0 Å². The minimum atomic E-state index is -0.181. The van der Waals surface area contributed by atoms with Crippen LogP contribution >= 0.6 is 0 Å². The summed E-state index contributed by atoms with van der Waals surface area (Å²) >= 11 is 0. The zero-order chi connectivity index (χ0) is 18.4. The number of hydrogen-bond acceptors (Lipinski definition) is 6. The van der Waals surface area contributed by atoms with Gasteiger partial charge >= 0.3 is 0 Å². The number of nitrogens with zero attached hydrogens (tertiary/aromatic N) is 3. The van der Waals surface area contributed by atoms with Gasteiger partial charge in [-0.15, -0.1) is 0 Å². The molecule has 0 radical (unpaired) electrons. The Hall–Kier alpha value is -2.22. The van der Waals surface area contributed by atoms with E-state index in [1.807, 2.05) is 25.2 Å². The predicted molar refractivity (Wildman–Crippen MR) is 95.6 cm³/mol. The van der Waals surface area contributed by atoms with Crippen molar-refractivity contribution >= 4 is 5.91 Å². The van der Waals surface area contributed by atoms with Crippen LogP contribution in [0.15, 0.2) is 40.9 Å². The minimum Gasteiger partial charge on any atom is -0.376 e. The summed E-state index contributed by atoms with van der Waals surface area (Å²) in [5.74, 6) is 0.484. The summed E-state index contributed by atoms with van der Waals surface area (Å²) in [6.07, 6.45) is -0.0962. The van der Waals surface area contributed by atoms with Crippen LogP contribution in [-0.2, 0) is 22.6 Å². The topological polar surface area (TPSA) is 68.0 Å². The first-order valence-corrected chi connectivity index (χ1v) is 8.74. The van der Waals surface area contributed by atoms with Crippen LogP contribution in [0.4, 0.5) is 0 Å². The van der Waals surface area contributed by atoms with Crippen LogP contribution in [0.5, 0.6) is 0 Å². The van der Waals surface area contributed by atoms with E-state index in [1.165, 1.54) is 5.56 Å². The van der Waals surface area contributed by atoms with Crippen molar-refractivity contribution in [3.63, 3.8) is 0 Å². The second kappa shape index (κ2) is 8.93. The first-order chi connectivity index (χ1) is 12.6. The Morgan fingerprint density at radius 2 is 2.00 bits per heavy atom. The minimum absolute atomic E-state index is 0.0962. The molecule has 1 atom stereocenters. The fraction of sp³-hybridized carbons (Fsp3) is 0.474. The number of carbonyl (C=O) groups is 1. The molecule has 2 aromatic rings. The van der Waals surface area contributed by atoms with Gasteiger partial charge in [0, 0.05) is 26.2 Å². The van der Waals surface area contributed by atoms with E-state index in [2.05, 4.69) is 22.2 Å². The average molecular weight is 359 g/mol. The first kappa shape index (κ1) is 18.6. The highest BCUT2D eigenvalue weighted by Gasteiger charge is 2.22. The third-order valence-electron chi connectivity index (χ3n) is 4.21. The number of amides is 1. The van der Waals surface area contributed by atoms with Gasteiger partial charge in [0.2, 0.25) is 0 Å². The quantitative estimate of drug-likeness (QED) is 0.751. The van der Waals surface area contributed by atoms with Crippen molar-refractivity contribution in [2.75, 3.05) is 40.5 Å². The van der Waals surface area contributed by atoms with Crippen LogP contribution in [0.3, 0.4) is 0 Å². The Kier molecular flexibility index (Phi) is 6.38. The van der Waals surface area contributed by atoms with Gasteiger partial charge in [-0.1, -0.05) is 35.5 Å². The lowest BCUT2D eigenvalue weighted by molar-refractivity contribution is -0.0934. The van der Waals surface area contributed by atoms with Crippen molar-refractivity contribution in [3.05, 3.63) is 53.4 Å². The van der Waals surface area contributed by atoms with Crippen molar-refractivity contribution in [1.29, 1.82) is 0 Å². The predicted octanol–water partition coefficient (Wildman–Crippen LogP) is 1.79. The number of ether oxygens (including phenoxy) is 2. The van der Waals surface area contributed by atoms with Crippen molar-refractivity contribution < 1.29 is 18.8 Å². The highest BCUT2D eigenvalue weighted by Crippen LogP contribution is 2.12. The first-order valence-electron chi connectivity index (χ1n) is 8.74. The monoisotopic (exact) mass is 359 g/mol. The summed E-state index contributed by atoms with van der Waals surface area (Å²) < 4.78 is 16.3. The highest BCUT2D eigenvalue weighted by atomic mass is 16.6. The van der Waals surface area contributed by atoms with Gasteiger partial charge in [0.15, 0.2) is 11.5 Å². The molecule has 1 aromatic carbocycles. The molecule has 1 aliphatic rings. The number of carbonyl (C=O) groups excluding carboxylic acids is 1. The molecule has 0 saturated carbocycles. The van der Waals surface area contributed by atoms with Crippen LogP contribution < -0.4 is 0 Å². The summed E-state index contributed by atoms with van der Waals surface area (Å²) in [4.78, 5) is 16.2. The molecular weight excluding hydrogens is 334 g/mol. The van der Waals surface area contributed by atoms with Crippen LogP contribution in [0.25, 0.3) is 0 Å². The number of hydrogen-bond donors (Lipinski definition) is 0. The zero-order valence-corrected chi connectivity index (χ0v) is 15.3. The Morgan fingerprint density at radius 3 is 2.73 bits per heavy atom. The maximum absolute atomic E-state index is 12.5. The molecule has 0 N–H and O–H groups in total. The number of aromatic nitrogens is 1. The van der Waals surface area contributed by atoms with Gasteiger partial charge in [-0.05, 0) is 12.6 Å². The maximum Gasteiger partial charge on any atom is 0.275 e. The van der Waals surface area contributed by atoms with Crippen molar-refractivity contribution in [1.82, 2.24) is 15.0 Å². The highest BCUT2D eigenvalue weighted by molar-refractivity contribution is 5.92. The van der Waals surface area contributed by atoms with Crippen LogP contribution in [0, 0.1) is 0 Å². The van der Waals surface area contributed by atoms with Crippen molar-refractivity contribution in [2.45, 2.75) is 19.2 Å². The van der Waals surface area contributed by atoms with Gasteiger partial charge in [-0.2, -0.15) is 0 Å². The Labute approximate surface area is 153 Å². The Bertz CT molecular complexity index is 698. The zero-order valence-electron chi connectivity index (χ0n) is 15.3. The fourth-order valence-electron chi connectivity index (χ4n) is 2.93. The van der Waals surface area contributed by atoms with E-state index in [0.717, 1.165) is 6.54 Å². The second-order valence-electron chi connectivity index (χ2n) is 6.59. The van der Waals surface area contributed by atoms with E-state index in [1.54, 1.807) is 18.0 Å². The van der Waals surface area contributed by atoms with E-state index in [4.69, 9.17) is 14.0 Å². The lowest BCUT2D eigenvalue weighted by Crippen LogP contribution is -2.40. The number of likely N-dealkylation sites (N-methyl/N-ethyl adjacent to an activating group) is 1. The molecule has 2 heterocycles. The van der Waals surface area contributed by atoms with Gasteiger partial charge in [-0.3, -0.25) is 9.69 Å². The standard InChI is InChI=1S/C19H25N3O4/c1-21(11-15-6-4-3-5-7-15)12-16-10-18(20-26-16)19(23)22(2)13-17-14-24-8-9-25-17/h3-7,10,17H,8-9,11-14H2,1-2H3/t17-/m1/s1. The lowest BCUT2D eigenvalue weighted by atomic mass is 10.2. The Morgan fingerprint density at radius 1 is 1.19 bits per heavy atom. The smallest absolute Gasteiger partial charge is 0.275 e. The molecule has 1 saturated heterocycles. The molecule has 140 valence electrons. The van der Waals surface area contributed by atoms with Gasteiger partial charge in [-0.25, -0.2) is 0 Å². The largest absolute Gasteiger partial charge is 0.376 e. The normalized spacial score (nSPS) is 17.4. The second-order valence-corrected chi connectivity index (χ2v) is 6.59. The molecule has 1 aromatic heterocycles. The van der Waals surface area contributed by atoms with Crippen molar-refractivity contribution in [3.8, 4) is 0 Å². The van der Waals surface area contributed by atoms with Gasteiger partial charge < -0.3 is 18.9 Å². The summed E-state index contributed by atoms with van der Waals surface area (Å²) in [6.45, 7) is 3.52. The van der Waals surface area contributed by atoms with Gasteiger partial charge in [0.25, 0.3) is 5.91 Å². The van der Waals surface area contributed by atoms with E-state index in [9.17, 15) is 4.79 Å². The summed E-state index contributed by atoms with van der Waals surface area (Å²) in [6, 6.07) is 11.9. The average Bonchev–Trinajstić information content (AvgIpc) is 3.11. The number of benzene rings is 1. The summed E-state index contributed by atoms with van der Waals surface area (Å²) in [5, 5.41) is 3.93. The molecule has 7 nitrogen and oxygen atoms in total. The molecule has 0 bridgehead atoms. The summed E-state index contributed by atoms with van der Waals surface area (Å²) in [7, 11) is 3.74. The Balaban J connectivity index is 1.52. The van der Waals surface area contributed by atoms with Crippen LogP contribution in [0.1, 0.15) is 21.8 Å². The third kappa shape index (κ3) is 5.14. The fourth-order valence-corrected chi connectivity index (χ4v) is 2.93. The van der Waals surface area contributed by atoms with Crippen molar-refractivity contribution in [2.24, 2.45) is 0 Å². The molecule has 0 unspecified atom stereocenters. The van der Waals surface area contributed by atoms with Crippen LogP contribution in [0.2, 0.25) is 0 Å². The summed E-state index contributed by atoms with van der Waals surface area (Å²) in [5.41, 5.74) is 1.53. The molecule has 0 spiro atoms. The molecule has 26 heavy (non-hydrogen) atoms.